The molecule has 4 heterocycles. The maximum absolute atomic E-state index is 12.7. The summed E-state index contributed by atoms with van der Waals surface area (Å²) >= 11 is 0. The highest BCUT2D eigenvalue weighted by atomic mass is 16.1. The smallest absolute Gasteiger partial charge is 0.256 e. The first-order chi connectivity index (χ1) is 14.5. The van der Waals surface area contributed by atoms with Crippen molar-refractivity contribution in [2.75, 3.05) is 6.54 Å². The molecule has 0 saturated heterocycles. The zero-order valence-corrected chi connectivity index (χ0v) is 17.8. The van der Waals surface area contributed by atoms with Crippen LogP contribution in [0.1, 0.15) is 40.8 Å². The van der Waals surface area contributed by atoms with Gasteiger partial charge >= 0.3 is 0 Å². The second-order valence-electron chi connectivity index (χ2n) is 7.37. The molecule has 0 unspecified atom stereocenters. The van der Waals surface area contributed by atoms with Crippen LogP contribution in [0.4, 0.5) is 0 Å². The van der Waals surface area contributed by atoms with E-state index in [1.807, 2.05) is 55.4 Å². The lowest BCUT2D eigenvalue weighted by atomic mass is 10.2. The predicted molar refractivity (Wildman–Crippen MR) is 113 cm³/mol. The number of fused-ring (bicyclic) bond motifs is 1. The van der Waals surface area contributed by atoms with Crippen LogP contribution in [0.15, 0.2) is 30.7 Å². The van der Waals surface area contributed by atoms with Crippen LogP contribution in [0, 0.1) is 20.8 Å². The Balaban J connectivity index is 1.48. The maximum Gasteiger partial charge on any atom is 0.256 e. The summed E-state index contributed by atoms with van der Waals surface area (Å²) in [4.78, 5) is 17.1. The van der Waals surface area contributed by atoms with Crippen LogP contribution in [0.2, 0.25) is 0 Å². The van der Waals surface area contributed by atoms with Gasteiger partial charge in [-0.2, -0.15) is 15.3 Å². The third kappa shape index (κ3) is 3.70. The van der Waals surface area contributed by atoms with Crippen molar-refractivity contribution in [3.8, 4) is 11.3 Å². The van der Waals surface area contributed by atoms with Gasteiger partial charge in [-0.1, -0.05) is 0 Å². The lowest BCUT2D eigenvalue weighted by Gasteiger charge is -2.06. The fourth-order valence-corrected chi connectivity index (χ4v) is 3.61. The summed E-state index contributed by atoms with van der Waals surface area (Å²) in [5.41, 5.74) is 5.88. The summed E-state index contributed by atoms with van der Waals surface area (Å²) in [6.45, 7) is 10.1. The minimum absolute atomic E-state index is 0.177. The minimum Gasteiger partial charge on any atom is -0.352 e. The van der Waals surface area contributed by atoms with Gasteiger partial charge in [0.05, 0.1) is 23.3 Å². The molecule has 0 aliphatic heterocycles. The Morgan fingerprint density at radius 2 is 2.03 bits per heavy atom. The first kappa shape index (κ1) is 19.8. The van der Waals surface area contributed by atoms with E-state index in [1.165, 1.54) is 0 Å². The molecule has 0 spiro atoms. The number of amides is 1. The van der Waals surface area contributed by atoms with Crippen molar-refractivity contribution in [1.29, 1.82) is 0 Å². The molecule has 1 N–H and O–H groups in total. The van der Waals surface area contributed by atoms with Crippen LogP contribution >= 0.6 is 0 Å². The van der Waals surface area contributed by atoms with Gasteiger partial charge in [-0.05, 0) is 46.2 Å². The highest BCUT2D eigenvalue weighted by Crippen LogP contribution is 2.23. The monoisotopic (exact) mass is 406 g/mol. The SMILES string of the molecule is CCn1cc(-c2ccnc3c(C(=O)NCCCn4nc(C)cc4C)cnn23)c(C)n1. The quantitative estimate of drug-likeness (QED) is 0.476. The van der Waals surface area contributed by atoms with Crippen LogP contribution in [0.5, 0.6) is 0 Å². The van der Waals surface area contributed by atoms with Gasteiger partial charge in [0.1, 0.15) is 5.56 Å². The van der Waals surface area contributed by atoms with E-state index in [2.05, 4.69) is 25.6 Å². The van der Waals surface area contributed by atoms with E-state index in [1.54, 1.807) is 16.9 Å². The number of hydrogen-bond acceptors (Lipinski definition) is 5. The molecule has 30 heavy (non-hydrogen) atoms. The first-order valence-corrected chi connectivity index (χ1v) is 10.1. The molecule has 156 valence electrons. The van der Waals surface area contributed by atoms with Crippen LogP contribution in [-0.4, -0.2) is 46.6 Å². The standard InChI is InChI=1S/C21H26N8O/c1-5-27-13-18(16(4)26-27)19-7-9-22-20-17(12-24-29(19)20)21(30)23-8-6-10-28-15(3)11-14(2)25-28/h7,9,11-13H,5-6,8,10H2,1-4H3,(H,23,30). The number of rotatable bonds is 7. The molecule has 1 amide bonds. The Hall–Kier alpha value is -3.49. The summed E-state index contributed by atoms with van der Waals surface area (Å²) in [5.74, 6) is -0.177. The van der Waals surface area contributed by atoms with Crippen LogP contribution in [0.3, 0.4) is 0 Å². The average molecular weight is 406 g/mol. The Bertz CT molecular complexity index is 1200. The zero-order chi connectivity index (χ0) is 21.3. The van der Waals surface area contributed by atoms with Crippen molar-refractivity contribution in [3.05, 3.63) is 53.4 Å². The van der Waals surface area contributed by atoms with Gasteiger partial charge in [0, 0.05) is 43.3 Å². The average Bonchev–Trinajstić information content (AvgIpc) is 3.41. The number of carbonyl (C=O) groups excluding carboxylic acids is 1. The predicted octanol–water partition coefficient (Wildman–Crippen LogP) is 2.55. The van der Waals surface area contributed by atoms with E-state index in [9.17, 15) is 4.79 Å². The van der Waals surface area contributed by atoms with Crippen molar-refractivity contribution in [1.82, 2.24) is 39.5 Å². The lowest BCUT2D eigenvalue weighted by Crippen LogP contribution is -2.25. The molecule has 4 rings (SSSR count). The number of nitrogens with one attached hydrogen (secondary N) is 1. The van der Waals surface area contributed by atoms with Crippen molar-refractivity contribution >= 4 is 11.6 Å². The van der Waals surface area contributed by atoms with Crippen molar-refractivity contribution < 1.29 is 4.79 Å². The number of aromatic nitrogens is 7. The van der Waals surface area contributed by atoms with E-state index < -0.39 is 0 Å². The fraction of sp³-hybridized carbons (Fsp3) is 0.381. The Morgan fingerprint density at radius 1 is 1.20 bits per heavy atom. The molecule has 0 atom stereocenters. The molecule has 4 aromatic rings. The fourth-order valence-electron chi connectivity index (χ4n) is 3.61. The van der Waals surface area contributed by atoms with Gasteiger partial charge < -0.3 is 5.32 Å². The highest BCUT2D eigenvalue weighted by Gasteiger charge is 2.17. The Labute approximate surface area is 174 Å². The topological polar surface area (TPSA) is 94.9 Å². The third-order valence-corrected chi connectivity index (χ3v) is 5.13. The summed E-state index contributed by atoms with van der Waals surface area (Å²) in [5, 5.41) is 16.3. The van der Waals surface area contributed by atoms with Gasteiger partial charge in [0.15, 0.2) is 5.65 Å². The highest BCUT2D eigenvalue weighted by molar-refractivity contribution is 5.99. The van der Waals surface area contributed by atoms with Crippen molar-refractivity contribution in [2.45, 2.75) is 47.2 Å². The van der Waals surface area contributed by atoms with Crippen molar-refractivity contribution in [3.63, 3.8) is 0 Å². The van der Waals surface area contributed by atoms with E-state index in [0.717, 1.165) is 47.8 Å². The van der Waals surface area contributed by atoms with E-state index >= 15 is 0 Å². The van der Waals surface area contributed by atoms with E-state index in [-0.39, 0.29) is 5.91 Å². The second kappa shape index (κ2) is 8.10. The molecular formula is C21H26N8O. The molecule has 0 aliphatic carbocycles. The van der Waals surface area contributed by atoms with Gasteiger partial charge in [-0.15, -0.1) is 0 Å². The molecule has 0 aliphatic rings. The second-order valence-corrected chi connectivity index (χ2v) is 7.37. The summed E-state index contributed by atoms with van der Waals surface area (Å²) in [6.07, 6.45) is 6.06. The first-order valence-electron chi connectivity index (χ1n) is 10.1. The third-order valence-electron chi connectivity index (χ3n) is 5.13. The van der Waals surface area contributed by atoms with Gasteiger partial charge in [0.2, 0.25) is 0 Å². The number of hydrogen-bond donors (Lipinski definition) is 1. The largest absolute Gasteiger partial charge is 0.352 e. The van der Waals surface area contributed by atoms with Crippen LogP contribution < -0.4 is 5.32 Å². The maximum atomic E-state index is 12.7. The molecule has 0 bridgehead atoms. The van der Waals surface area contributed by atoms with Crippen LogP contribution in [-0.2, 0) is 13.1 Å². The summed E-state index contributed by atoms with van der Waals surface area (Å²) in [6, 6.07) is 3.94. The lowest BCUT2D eigenvalue weighted by molar-refractivity contribution is 0.0954. The normalized spacial score (nSPS) is 11.3. The van der Waals surface area contributed by atoms with Gasteiger partial charge in [-0.3, -0.25) is 14.2 Å². The van der Waals surface area contributed by atoms with Gasteiger partial charge in [-0.25, -0.2) is 9.50 Å². The summed E-state index contributed by atoms with van der Waals surface area (Å²) in [7, 11) is 0. The van der Waals surface area contributed by atoms with Crippen LogP contribution in [0.25, 0.3) is 16.9 Å². The summed E-state index contributed by atoms with van der Waals surface area (Å²) < 4.78 is 5.55. The molecular weight excluding hydrogens is 380 g/mol. The minimum atomic E-state index is -0.177. The molecule has 9 heteroatoms. The molecule has 9 nitrogen and oxygen atoms in total. The molecule has 0 fully saturated rings. The van der Waals surface area contributed by atoms with E-state index in [4.69, 9.17) is 0 Å². The number of carbonyl (C=O) groups is 1. The van der Waals surface area contributed by atoms with Crippen molar-refractivity contribution in [2.24, 2.45) is 0 Å². The zero-order valence-electron chi connectivity index (χ0n) is 17.8. The number of aryl methyl sites for hydroxylation is 5. The number of nitrogens with zero attached hydrogens (tertiary/aromatic N) is 7. The molecule has 4 aromatic heterocycles. The Kier molecular flexibility index (Phi) is 5.35. The molecule has 0 radical (unpaired) electrons. The Morgan fingerprint density at radius 3 is 2.73 bits per heavy atom. The van der Waals surface area contributed by atoms with Gasteiger partial charge in [0.25, 0.3) is 5.91 Å². The van der Waals surface area contributed by atoms with E-state index in [0.29, 0.717) is 17.8 Å². The molecule has 0 aromatic carbocycles. The molecule has 0 saturated carbocycles.